The van der Waals surface area contributed by atoms with Crippen LogP contribution >= 0.6 is 0 Å². The van der Waals surface area contributed by atoms with Crippen molar-refractivity contribution in [1.82, 2.24) is 9.55 Å². The minimum absolute atomic E-state index is 0.936. The zero-order valence-electron chi connectivity index (χ0n) is 20.5. The van der Waals surface area contributed by atoms with Gasteiger partial charge in [-0.1, -0.05) is 83.9 Å². The van der Waals surface area contributed by atoms with E-state index in [0.29, 0.717) is 0 Å². The molecule has 0 saturated carbocycles. The molecule has 0 bridgehead atoms. The summed E-state index contributed by atoms with van der Waals surface area (Å²) in [6.45, 7) is 4.24. The summed E-state index contributed by atoms with van der Waals surface area (Å²) in [4.78, 5) is 7.33. The Balaban J connectivity index is 1.55. The Morgan fingerprint density at radius 3 is 1.83 bits per heavy atom. The standard InChI is InChI=1S/C33H27N3/c1-24-15-19-27(20-16-24)35(28-21-17-25(2)18-22-28)29-11-8-12-30(23-29)36-32-14-7-6-13-31(32)34-33(36)26-9-4-3-5-10-26/h3-23H,1-2H3. The Hall–Kier alpha value is -4.63. The highest BCUT2D eigenvalue weighted by molar-refractivity contribution is 5.84. The van der Waals surface area contributed by atoms with Gasteiger partial charge >= 0.3 is 0 Å². The first-order valence-corrected chi connectivity index (χ1v) is 12.2. The quantitative estimate of drug-likeness (QED) is 0.254. The second-order valence-electron chi connectivity index (χ2n) is 9.15. The van der Waals surface area contributed by atoms with Gasteiger partial charge in [0.25, 0.3) is 0 Å². The molecule has 36 heavy (non-hydrogen) atoms. The predicted molar refractivity (Wildman–Crippen MR) is 151 cm³/mol. The van der Waals surface area contributed by atoms with Crippen LogP contribution in [0.5, 0.6) is 0 Å². The van der Waals surface area contributed by atoms with Gasteiger partial charge in [0, 0.05) is 28.3 Å². The summed E-state index contributed by atoms with van der Waals surface area (Å²) in [6, 6.07) is 44.8. The molecule has 5 aromatic carbocycles. The van der Waals surface area contributed by atoms with Crippen molar-refractivity contribution in [3.63, 3.8) is 0 Å². The van der Waals surface area contributed by atoms with E-state index in [0.717, 1.165) is 45.2 Å². The van der Waals surface area contributed by atoms with Gasteiger partial charge in [-0.3, -0.25) is 4.57 Å². The summed E-state index contributed by atoms with van der Waals surface area (Å²) in [6.07, 6.45) is 0. The molecule has 3 nitrogen and oxygen atoms in total. The number of nitrogens with zero attached hydrogens (tertiary/aromatic N) is 3. The van der Waals surface area contributed by atoms with Gasteiger partial charge in [0.1, 0.15) is 5.82 Å². The van der Waals surface area contributed by atoms with Crippen LogP contribution in [0, 0.1) is 13.8 Å². The molecule has 0 aliphatic heterocycles. The zero-order valence-corrected chi connectivity index (χ0v) is 20.5. The summed E-state index contributed by atoms with van der Waals surface area (Å²) < 4.78 is 2.26. The van der Waals surface area contributed by atoms with Crippen molar-refractivity contribution in [1.29, 1.82) is 0 Å². The third kappa shape index (κ3) is 4.05. The lowest BCUT2D eigenvalue weighted by Crippen LogP contribution is -2.10. The largest absolute Gasteiger partial charge is 0.310 e. The fourth-order valence-corrected chi connectivity index (χ4v) is 4.67. The Kier molecular flexibility index (Phi) is 5.59. The van der Waals surface area contributed by atoms with Gasteiger partial charge in [-0.25, -0.2) is 4.98 Å². The second-order valence-corrected chi connectivity index (χ2v) is 9.15. The summed E-state index contributed by atoms with van der Waals surface area (Å²) in [5, 5.41) is 0. The van der Waals surface area contributed by atoms with E-state index < -0.39 is 0 Å². The summed E-state index contributed by atoms with van der Waals surface area (Å²) >= 11 is 0. The minimum atomic E-state index is 0.936. The monoisotopic (exact) mass is 465 g/mol. The molecule has 0 saturated heterocycles. The number of hydrogen-bond donors (Lipinski definition) is 0. The molecule has 0 unspecified atom stereocenters. The van der Waals surface area contributed by atoms with Crippen LogP contribution in [-0.2, 0) is 0 Å². The number of benzene rings is 5. The second kappa shape index (κ2) is 9.20. The molecule has 0 radical (unpaired) electrons. The van der Waals surface area contributed by atoms with Crippen molar-refractivity contribution in [2.24, 2.45) is 0 Å². The smallest absolute Gasteiger partial charge is 0.145 e. The topological polar surface area (TPSA) is 21.1 Å². The Labute approximate surface area is 211 Å². The van der Waals surface area contributed by atoms with Crippen LogP contribution in [0.4, 0.5) is 17.1 Å². The number of imidazole rings is 1. The Morgan fingerprint density at radius 2 is 1.17 bits per heavy atom. The van der Waals surface area contributed by atoms with Crippen molar-refractivity contribution in [2.75, 3.05) is 4.90 Å². The number of fused-ring (bicyclic) bond motifs is 1. The van der Waals surface area contributed by atoms with Gasteiger partial charge in [-0.05, 0) is 68.4 Å². The number of aromatic nitrogens is 2. The van der Waals surface area contributed by atoms with Crippen molar-refractivity contribution >= 4 is 28.1 Å². The lowest BCUT2D eigenvalue weighted by Gasteiger charge is -2.26. The predicted octanol–water partition coefficient (Wildman–Crippen LogP) is 8.78. The van der Waals surface area contributed by atoms with Gasteiger partial charge in [-0.2, -0.15) is 0 Å². The molecule has 0 atom stereocenters. The minimum Gasteiger partial charge on any atom is -0.310 e. The highest BCUT2D eigenvalue weighted by Gasteiger charge is 2.17. The zero-order chi connectivity index (χ0) is 24.5. The van der Waals surface area contributed by atoms with Gasteiger partial charge in [0.2, 0.25) is 0 Å². The molecule has 0 N–H and O–H groups in total. The van der Waals surface area contributed by atoms with E-state index in [1.807, 2.05) is 12.1 Å². The van der Waals surface area contributed by atoms with Gasteiger partial charge in [0.05, 0.1) is 11.0 Å². The molecule has 6 rings (SSSR count). The summed E-state index contributed by atoms with van der Waals surface area (Å²) in [5.41, 5.74) is 10.1. The van der Waals surface area contributed by atoms with E-state index in [2.05, 4.69) is 139 Å². The van der Waals surface area contributed by atoms with Crippen LogP contribution in [0.1, 0.15) is 11.1 Å². The van der Waals surface area contributed by atoms with Crippen molar-refractivity contribution < 1.29 is 0 Å². The molecule has 3 heteroatoms. The van der Waals surface area contributed by atoms with Crippen LogP contribution in [0.15, 0.2) is 127 Å². The molecule has 174 valence electrons. The SMILES string of the molecule is Cc1ccc(N(c2ccc(C)cc2)c2cccc(-n3c(-c4ccccc4)nc4ccccc43)c2)cc1. The van der Waals surface area contributed by atoms with Crippen LogP contribution in [0.25, 0.3) is 28.1 Å². The molecule has 1 heterocycles. The molecular weight excluding hydrogens is 438 g/mol. The van der Waals surface area contributed by atoms with E-state index >= 15 is 0 Å². The molecule has 6 aromatic rings. The third-order valence-corrected chi connectivity index (χ3v) is 6.52. The number of rotatable bonds is 5. The Bertz CT molecular complexity index is 1580. The Morgan fingerprint density at radius 1 is 0.556 bits per heavy atom. The average Bonchev–Trinajstić information content (AvgIpc) is 3.31. The van der Waals surface area contributed by atoms with Crippen molar-refractivity contribution in [3.05, 3.63) is 139 Å². The van der Waals surface area contributed by atoms with Crippen molar-refractivity contribution in [3.8, 4) is 17.1 Å². The van der Waals surface area contributed by atoms with Gasteiger partial charge < -0.3 is 4.90 Å². The molecule has 0 spiro atoms. The first kappa shape index (κ1) is 21.9. The number of anilines is 3. The van der Waals surface area contributed by atoms with Crippen LogP contribution < -0.4 is 4.90 Å². The highest BCUT2D eigenvalue weighted by atomic mass is 15.1. The molecule has 0 aliphatic rings. The van der Waals surface area contributed by atoms with E-state index in [9.17, 15) is 0 Å². The van der Waals surface area contributed by atoms with Crippen LogP contribution in [-0.4, -0.2) is 9.55 Å². The first-order valence-electron chi connectivity index (χ1n) is 12.2. The fraction of sp³-hybridized carbons (Fsp3) is 0.0606. The first-order chi connectivity index (χ1) is 17.7. The number of para-hydroxylation sites is 2. The van der Waals surface area contributed by atoms with Gasteiger partial charge in [0.15, 0.2) is 0 Å². The third-order valence-electron chi connectivity index (χ3n) is 6.52. The normalized spacial score (nSPS) is 11.1. The number of hydrogen-bond acceptors (Lipinski definition) is 2. The maximum absolute atomic E-state index is 5.02. The molecule has 1 aromatic heterocycles. The molecular formula is C33H27N3. The maximum atomic E-state index is 5.02. The van der Waals surface area contributed by atoms with Crippen LogP contribution in [0.2, 0.25) is 0 Å². The van der Waals surface area contributed by atoms with Gasteiger partial charge in [-0.15, -0.1) is 0 Å². The van der Waals surface area contributed by atoms with E-state index in [4.69, 9.17) is 4.98 Å². The van der Waals surface area contributed by atoms with Crippen molar-refractivity contribution in [2.45, 2.75) is 13.8 Å². The molecule has 0 amide bonds. The van der Waals surface area contributed by atoms with E-state index in [1.165, 1.54) is 11.1 Å². The average molecular weight is 466 g/mol. The van der Waals surface area contributed by atoms with E-state index in [-0.39, 0.29) is 0 Å². The van der Waals surface area contributed by atoms with Crippen LogP contribution in [0.3, 0.4) is 0 Å². The summed E-state index contributed by atoms with van der Waals surface area (Å²) in [5.74, 6) is 0.936. The molecule has 0 aliphatic carbocycles. The fourth-order valence-electron chi connectivity index (χ4n) is 4.67. The summed E-state index contributed by atoms with van der Waals surface area (Å²) in [7, 11) is 0. The number of aryl methyl sites for hydroxylation is 2. The molecule has 0 fully saturated rings. The lowest BCUT2D eigenvalue weighted by atomic mass is 10.1. The lowest BCUT2D eigenvalue weighted by molar-refractivity contribution is 1.10. The van der Waals surface area contributed by atoms with E-state index in [1.54, 1.807) is 0 Å². The highest BCUT2D eigenvalue weighted by Crippen LogP contribution is 2.37. The maximum Gasteiger partial charge on any atom is 0.145 e.